The van der Waals surface area contributed by atoms with Crippen LogP contribution < -0.4 is 5.30 Å². The molecule has 86 valence electrons. The van der Waals surface area contributed by atoms with Crippen molar-refractivity contribution in [2.75, 3.05) is 6.16 Å². The van der Waals surface area contributed by atoms with E-state index in [1.165, 1.54) is 0 Å². The predicted molar refractivity (Wildman–Crippen MR) is 64.0 cm³/mol. The molecule has 0 unspecified atom stereocenters. The van der Waals surface area contributed by atoms with Crippen LogP contribution in [0.5, 0.6) is 0 Å². The topological polar surface area (TPSA) is 60.7 Å². The Kier molecular flexibility index (Phi) is 2.97. The molecule has 3 nitrogen and oxygen atoms in total. The van der Waals surface area contributed by atoms with Crippen molar-refractivity contribution in [3.05, 3.63) is 30.3 Å². The van der Waals surface area contributed by atoms with Gasteiger partial charge in [0.2, 0.25) is 0 Å². The van der Waals surface area contributed by atoms with E-state index in [9.17, 15) is 14.7 Å². The van der Waals surface area contributed by atoms with E-state index >= 15 is 0 Å². The fourth-order valence-corrected chi connectivity index (χ4v) is 4.41. The quantitative estimate of drug-likeness (QED) is 0.677. The first kappa shape index (κ1) is 12.6. The molecular weight excluding hydrogens is 211 g/mol. The molecule has 1 aromatic rings. The van der Waals surface area contributed by atoms with Gasteiger partial charge in [-0.25, -0.2) is 0 Å². The second kappa shape index (κ2) is 3.53. The van der Waals surface area contributed by atoms with Crippen molar-refractivity contribution >= 4 is 12.6 Å². The summed E-state index contributed by atoms with van der Waals surface area (Å²) in [5, 5.41) is 0.221. The van der Waals surface area contributed by atoms with Crippen molar-refractivity contribution in [1.29, 1.82) is 0 Å². The Morgan fingerprint density at radius 2 is 1.47 bits per heavy atom. The van der Waals surface area contributed by atoms with Gasteiger partial charge in [0.1, 0.15) is 0 Å². The van der Waals surface area contributed by atoms with E-state index < -0.39 is 7.28 Å². The van der Waals surface area contributed by atoms with Crippen LogP contribution in [0.25, 0.3) is 0 Å². The molecule has 0 aromatic heterocycles. The van der Waals surface area contributed by atoms with Gasteiger partial charge in [-0.2, -0.15) is 0 Å². The molecule has 0 saturated heterocycles. The fraction of sp³-hybridized carbons (Fsp3) is 0.455. The fourth-order valence-electron chi connectivity index (χ4n) is 1.70. The predicted octanol–water partition coefficient (Wildman–Crippen LogP) is 1.63. The number of rotatable bonds is 2. The van der Waals surface area contributed by atoms with Gasteiger partial charge in [-0.1, -0.05) is 0 Å². The number of hydrogen-bond acceptors (Lipinski definition) is 3. The van der Waals surface area contributed by atoms with Crippen molar-refractivity contribution < 1.29 is 14.7 Å². The van der Waals surface area contributed by atoms with Crippen LogP contribution in [0.2, 0.25) is 0 Å². The summed E-state index contributed by atoms with van der Waals surface area (Å²) in [7, 11) is -4.69. The molecule has 0 radical (unpaired) electrons. The van der Waals surface area contributed by atoms with Crippen LogP contribution in [-0.4, -0.2) is 20.8 Å². The zero-order valence-electron chi connectivity index (χ0n) is 9.38. The zero-order chi connectivity index (χ0) is 11.8. The third-order valence-electron chi connectivity index (χ3n) is 2.05. The molecule has 0 aliphatic heterocycles. The molecule has 0 aliphatic carbocycles. The normalized spacial score (nSPS) is 15.7. The first-order chi connectivity index (χ1) is 6.59. The van der Waals surface area contributed by atoms with Gasteiger partial charge in [0.15, 0.2) is 0 Å². The van der Waals surface area contributed by atoms with Crippen LogP contribution in [-0.2, 0) is 0 Å². The van der Waals surface area contributed by atoms with Crippen molar-refractivity contribution in [3.63, 3.8) is 0 Å². The van der Waals surface area contributed by atoms with Gasteiger partial charge in [-0.05, 0) is 0 Å². The van der Waals surface area contributed by atoms with Crippen LogP contribution in [0.1, 0.15) is 20.8 Å². The van der Waals surface area contributed by atoms with Gasteiger partial charge >= 0.3 is 89.9 Å². The third kappa shape index (κ3) is 3.54. The Labute approximate surface area is 90.6 Å². The average molecular weight is 230 g/mol. The number of benzene rings is 1. The molecule has 1 rings (SSSR count). The van der Waals surface area contributed by atoms with Crippen molar-refractivity contribution in [2.45, 2.75) is 20.8 Å². The molecule has 0 saturated carbocycles. The molecule has 0 atom stereocenters. The SMILES string of the molecule is CC(C)(C)CP(O)(O)(O)c1ccccc1. The summed E-state index contributed by atoms with van der Waals surface area (Å²) in [6.07, 6.45) is -0.0252. The van der Waals surface area contributed by atoms with Crippen LogP contribution in [0.15, 0.2) is 30.3 Å². The minimum absolute atomic E-state index is 0.0252. The van der Waals surface area contributed by atoms with Gasteiger partial charge in [0.25, 0.3) is 0 Å². The Morgan fingerprint density at radius 1 is 1.00 bits per heavy atom. The molecule has 3 N–H and O–H groups in total. The van der Waals surface area contributed by atoms with Crippen LogP contribution in [0, 0.1) is 5.41 Å². The van der Waals surface area contributed by atoms with Crippen LogP contribution in [0.4, 0.5) is 0 Å². The maximum absolute atomic E-state index is 10.0. The van der Waals surface area contributed by atoms with Crippen LogP contribution in [0.3, 0.4) is 0 Å². The molecule has 0 heterocycles. The zero-order valence-corrected chi connectivity index (χ0v) is 10.3. The van der Waals surface area contributed by atoms with Gasteiger partial charge < -0.3 is 0 Å². The number of hydrogen-bond donors (Lipinski definition) is 3. The second-order valence-electron chi connectivity index (χ2n) is 5.21. The molecule has 0 fully saturated rings. The molecule has 0 amide bonds. The molecule has 4 heteroatoms. The molecule has 0 bridgehead atoms. The van der Waals surface area contributed by atoms with E-state index in [1.807, 2.05) is 20.8 Å². The second-order valence-corrected chi connectivity index (χ2v) is 8.34. The Bertz CT molecular complexity index is 332. The van der Waals surface area contributed by atoms with Crippen molar-refractivity contribution in [3.8, 4) is 0 Å². The maximum atomic E-state index is 10.0. The summed E-state index contributed by atoms with van der Waals surface area (Å²) >= 11 is 0. The van der Waals surface area contributed by atoms with E-state index in [2.05, 4.69) is 0 Å². The van der Waals surface area contributed by atoms with E-state index in [4.69, 9.17) is 0 Å². The summed E-state index contributed by atoms with van der Waals surface area (Å²) in [5.41, 5.74) is -0.341. The summed E-state index contributed by atoms with van der Waals surface area (Å²) in [5.74, 6) is 0. The van der Waals surface area contributed by atoms with E-state index in [1.54, 1.807) is 30.3 Å². The molecular formula is C11H19O3P. The molecule has 15 heavy (non-hydrogen) atoms. The first-order valence-electron chi connectivity index (χ1n) is 4.90. The van der Waals surface area contributed by atoms with Crippen molar-refractivity contribution in [1.82, 2.24) is 0 Å². The van der Waals surface area contributed by atoms with E-state index in [0.717, 1.165) is 0 Å². The van der Waals surface area contributed by atoms with Crippen molar-refractivity contribution in [2.24, 2.45) is 5.41 Å². The van der Waals surface area contributed by atoms with Gasteiger partial charge in [-0.3, -0.25) is 0 Å². The molecule has 0 aliphatic rings. The first-order valence-corrected chi connectivity index (χ1v) is 7.18. The van der Waals surface area contributed by atoms with Gasteiger partial charge in [-0.15, -0.1) is 0 Å². The third-order valence-corrected chi connectivity index (χ3v) is 4.94. The summed E-state index contributed by atoms with van der Waals surface area (Å²) < 4.78 is 0. The Morgan fingerprint density at radius 3 is 1.87 bits per heavy atom. The Hall–Kier alpha value is -0.470. The van der Waals surface area contributed by atoms with Gasteiger partial charge in [0, 0.05) is 0 Å². The van der Waals surface area contributed by atoms with Gasteiger partial charge in [0.05, 0.1) is 0 Å². The summed E-state index contributed by atoms with van der Waals surface area (Å²) in [6, 6.07) is 8.23. The summed E-state index contributed by atoms with van der Waals surface area (Å²) in [6.45, 7) is 5.58. The van der Waals surface area contributed by atoms with Crippen LogP contribution >= 0.6 is 7.28 Å². The van der Waals surface area contributed by atoms with E-state index in [0.29, 0.717) is 0 Å². The summed E-state index contributed by atoms with van der Waals surface area (Å²) in [4.78, 5) is 30.1. The monoisotopic (exact) mass is 230 g/mol. The average Bonchev–Trinajstić information content (AvgIpc) is 2.00. The standard InChI is InChI=1S/C11H19O3P/c1-11(2,3)9-15(12,13,14)10-7-5-4-6-8-10/h4-8,12-14H,9H2,1-3H3. The molecule has 1 aromatic carbocycles. The Balaban J connectivity index is 3.09. The molecule has 0 spiro atoms. The van der Waals surface area contributed by atoms with E-state index in [-0.39, 0.29) is 16.9 Å². The minimum atomic E-state index is -4.69.